The molecule has 0 amide bonds. The quantitative estimate of drug-likeness (QED) is 0.818. The molecule has 2 aromatic heterocycles. The number of hydrogen-bond acceptors (Lipinski definition) is 7. The molecule has 0 aliphatic heterocycles. The average molecular weight is 274 g/mol. The Morgan fingerprint density at radius 3 is 2.85 bits per heavy atom. The lowest BCUT2D eigenvalue weighted by Crippen LogP contribution is -2.04. The van der Waals surface area contributed by atoms with E-state index in [9.17, 15) is 4.79 Å². The molecule has 2 heterocycles. The molecule has 0 atom stereocenters. The van der Waals surface area contributed by atoms with Gasteiger partial charge in [-0.15, -0.1) is 0 Å². The molecule has 0 bridgehead atoms. The van der Waals surface area contributed by atoms with E-state index in [4.69, 9.17) is 10.5 Å². The summed E-state index contributed by atoms with van der Waals surface area (Å²) >= 11 is 0. The Labute approximate surface area is 115 Å². The smallest absolute Gasteiger partial charge is 0.356 e. The fourth-order valence-electron chi connectivity index (χ4n) is 1.52. The first kappa shape index (κ1) is 13.6. The van der Waals surface area contributed by atoms with Gasteiger partial charge < -0.3 is 20.5 Å². The number of nitrogen functional groups attached to an aromatic ring is 1. The maximum Gasteiger partial charge on any atom is 0.356 e. The van der Waals surface area contributed by atoms with Crippen LogP contribution in [0.25, 0.3) is 0 Å². The van der Waals surface area contributed by atoms with Crippen LogP contribution in [0.4, 0.5) is 11.5 Å². The minimum absolute atomic E-state index is 0.161. The van der Waals surface area contributed by atoms with E-state index < -0.39 is 5.97 Å². The summed E-state index contributed by atoms with van der Waals surface area (Å²) < 4.78 is 10.2. The number of rotatable bonds is 4. The molecule has 3 N–H and O–H groups in total. The number of nitrogens with one attached hydrogen (secondary N) is 1. The van der Waals surface area contributed by atoms with Gasteiger partial charge in [0, 0.05) is 25.4 Å². The van der Waals surface area contributed by atoms with Crippen LogP contribution in [0.1, 0.15) is 10.5 Å². The minimum Gasteiger partial charge on any atom is -0.464 e. The molecular formula is C13H14N4O3. The second-order valence-electron chi connectivity index (χ2n) is 3.81. The Bertz CT molecular complexity index is 631. The maximum atomic E-state index is 11.4. The summed E-state index contributed by atoms with van der Waals surface area (Å²) in [5.41, 5.74) is 6.40. The second-order valence-corrected chi connectivity index (χ2v) is 3.81. The lowest BCUT2D eigenvalue weighted by Gasteiger charge is -2.08. The van der Waals surface area contributed by atoms with Gasteiger partial charge in [-0.05, 0) is 12.1 Å². The van der Waals surface area contributed by atoms with E-state index in [2.05, 4.69) is 20.0 Å². The van der Waals surface area contributed by atoms with Crippen LogP contribution in [-0.4, -0.2) is 30.1 Å². The number of esters is 1. The van der Waals surface area contributed by atoms with Crippen molar-refractivity contribution in [3.05, 3.63) is 36.2 Å². The lowest BCUT2D eigenvalue weighted by atomic mass is 10.3. The molecule has 0 spiro atoms. The van der Waals surface area contributed by atoms with Gasteiger partial charge in [0.1, 0.15) is 5.75 Å². The standard InChI is InChI=1S/C13H14N4O3/c1-15-12-9(14)3-4-11(17-12)20-8-5-6-16-10(7-8)13(18)19-2/h3-7H,14H2,1-2H3,(H,15,17). The summed E-state index contributed by atoms with van der Waals surface area (Å²) in [5, 5.41) is 2.86. The van der Waals surface area contributed by atoms with E-state index in [1.807, 2.05) is 0 Å². The Kier molecular flexibility index (Phi) is 3.99. The van der Waals surface area contributed by atoms with Crippen LogP contribution in [0.15, 0.2) is 30.5 Å². The zero-order valence-corrected chi connectivity index (χ0v) is 11.1. The molecule has 2 rings (SSSR count). The summed E-state index contributed by atoms with van der Waals surface area (Å²) in [5.74, 6) is 0.770. The van der Waals surface area contributed by atoms with E-state index in [-0.39, 0.29) is 5.69 Å². The van der Waals surface area contributed by atoms with Crippen molar-refractivity contribution in [1.29, 1.82) is 0 Å². The van der Waals surface area contributed by atoms with Crippen LogP contribution in [0.3, 0.4) is 0 Å². The number of methoxy groups -OCH3 is 1. The van der Waals surface area contributed by atoms with Crippen molar-refractivity contribution in [1.82, 2.24) is 9.97 Å². The molecule has 7 heteroatoms. The molecule has 0 saturated carbocycles. The van der Waals surface area contributed by atoms with Gasteiger partial charge in [-0.3, -0.25) is 0 Å². The monoisotopic (exact) mass is 274 g/mol. The van der Waals surface area contributed by atoms with E-state index in [0.717, 1.165) is 0 Å². The number of carbonyl (C=O) groups is 1. The molecule has 0 radical (unpaired) electrons. The Hall–Kier alpha value is -2.83. The number of nitrogens with zero attached hydrogens (tertiary/aromatic N) is 2. The third-order valence-electron chi connectivity index (χ3n) is 2.49. The molecule has 7 nitrogen and oxygen atoms in total. The highest BCUT2D eigenvalue weighted by atomic mass is 16.5. The highest BCUT2D eigenvalue weighted by molar-refractivity contribution is 5.87. The molecule has 0 unspecified atom stereocenters. The van der Waals surface area contributed by atoms with Crippen molar-refractivity contribution < 1.29 is 14.3 Å². The molecule has 0 saturated heterocycles. The van der Waals surface area contributed by atoms with Crippen molar-refractivity contribution in [2.45, 2.75) is 0 Å². The predicted octanol–water partition coefficient (Wildman–Crippen LogP) is 1.68. The Morgan fingerprint density at radius 1 is 1.35 bits per heavy atom. The first-order valence-electron chi connectivity index (χ1n) is 5.80. The predicted molar refractivity (Wildman–Crippen MR) is 73.8 cm³/mol. The summed E-state index contributed by atoms with van der Waals surface area (Å²) in [6.45, 7) is 0. The maximum absolute atomic E-state index is 11.4. The van der Waals surface area contributed by atoms with Gasteiger partial charge in [0.05, 0.1) is 12.8 Å². The lowest BCUT2D eigenvalue weighted by molar-refractivity contribution is 0.0593. The summed E-state index contributed by atoms with van der Waals surface area (Å²) in [6.07, 6.45) is 1.46. The Balaban J connectivity index is 2.24. The Morgan fingerprint density at radius 2 is 2.15 bits per heavy atom. The largest absolute Gasteiger partial charge is 0.464 e. The molecule has 0 aliphatic rings. The van der Waals surface area contributed by atoms with Gasteiger partial charge in [-0.1, -0.05) is 0 Å². The van der Waals surface area contributed by atoms with Gasteiger partial charge in [-0.2, -0.15) is 4.98 Å². The van der Waals surface area contributed by atoms with Gasteiger partial charge in [0.2, 0.25) is 5.88 Å². The molecule has 104 valence electrons. The van der Waals surface area contributed by atoms with Crippen LogP contribution >= 0.6 is 0 Å². The molecule has 20 heavy (non-hydrogen) atoms. The number of ether oxygens (including phenoxy) is 2. The number of hydrogen-bond donors (Lipinski definition) is 2. The van der Waals surface area contributed by atoms with Crippen molar-refractivity contribution in [3.63, 3.8) is 0 Å². The van der Waals surface area contributed by atoms with Gasteiger partial charge in [0.15, 0.2) is 11.5 Å². The third-order valence-corrected chi connectivity index (χ3v) is 2.49. The number of aromatic nitrogens is 2. The fraction of sp³-hybridized carbons (Fsp3) is 0.154. The molecule has 0 aromatic carbocycles. The van der Waals surface area contributed by atoms with Gasteiger partial charge in [0.25, 0.3) is 0 Å². The van der Waals surface area contributed by atoms with Gasteiger partial charge >= 0.3 is 5.97 Å². The number of nitrogens with two attached hydrogens (primary N) is 1. The van der Waals surface area contributed by atoms with Crippen molar-refractivity contribution in [2.75, 3.05) is 25.2 Å². The van der Waals surface area contributed by atoms with Crippen molar-refractivity contribution >= 4 is 17.5 Å². The fourth-order valence-corrected chi connectivity index (χ4v) is 1.52. The first-order chi connectivity index (χ1) is 9.63. The first-order valence-corrected chi connectivity index (χ1v) is 5.80. The third kappa shape index (κ3) is 2.94. The normalized spacial score (nSPS) is 9.90. The summed E-state index contributed by atoms with van der Waals surface area (Å²) in [7, 11) is 3.00. The van der Waals surface area contributed by atoms with Crippen LogP contribution in [0, 0.1) is 0 Å². The second kappa shape index (κ2) is 5.87. The molecule has 0 fully saturated rings. The molecular weight excluding hydrogens is 260 g/mol. The van der Waals surface area contributed by atoms with Crippen molar-refractivity contribution in [2.24, 2.45) is 0 Å². The van der Waals surface area contributed by atoms with Crippen LogP contribution in [-0.2, 0) is 4.74 Å². The minimum atomic E-state index is -0.531. The average Bonchev–Trinajstić information content (AvgIpc) is 2.48. The van der Waals surface area contributed by atoms with Gasteiger partial charge in [-0.25, -0.2) is 9.78 Å². The zero-order valence-electron chi connectivity index (χ0n) is 11.1. The van der Waals surface area contributed by atoms with E-state index in [1.165, 1.54) is 19.4 Å². The topological polar surface area (TPSA) is 99.4 Å². The number of carbonyl (C=O) groups excluding carboxylic acids is 1. The van der Waals surface area contributed by atoms with E-state index in [0.29, 0.717) is 23.1 Å². The zero-order chi connectivity index (χ0) is 14.5. The van der Waals surface area contributed by atoms with Crippen LogP contribution in [0.2, 0.25) is 0 Å². The highest BCUT2D eigenvalue weighted by Crippen LogP contribution is 2.24. The van der Waals surface area contributed by atoms with E-state index >= 15 is 0 Å². The molecule has 2 aromatic rings. The van der Waals surface area contributed by atoms with Crippen molar-refractivity contribution in [3.8, 4) is 11.6 Å². The summed E-state index contributed by atoms with van der Waals surface area (Å²) in [4.78, 5) is 19.5. The number of anilines is 2. The van der Waals surface area contributed by atoms with E-state index in [1.54, 1.807) is 25.2 Å². The molecule has 0 aliphatic carbocycles. The summed E-state index contributed by atoms with van der Waals surface area (Å²) in [6, 6.07) is 6.40. The van der Waals surface area contributed by atoms with Crippen LogP contribution in [0.5, 0.6) is 11.6 Å². The number of pyridine rings is 2. The van der Waals surface area contributed by atoms with Crippen LogP contribution < -0.4 is 15.8 Å². The SMILES string of the molecule is CNc1nc(Oc2ccnc(C(=O)OC)c2)ccc1N. The highest BCUT2D eigenvalue weighted by Gasteiger charge is 2.09.